The van der Waals surface area contributed by atoms with Gasteiger partial charge in [-0.25, -0.2) is 9.50 Å². The maximum atomic E-state index is 13.8. The Labute approximate surface area is 239 Å². The molecule has 4 aromatic rings. The molecule has 0 bridgehead atoms. The van der Waals surface area contributed by atoms with Crippen molar-refractivity contribution in [2.24, 2.45) is 5.92 Å². The molecular formula is C33H35N5O3. The van der Waals surface area contributed by atoms with Crippen LogP contribution in [0.5, 0.6) is 0 Å². The van der Waals surface area contributed by atoms with E-state index in [0.29, 0.717) is 37.0 Å². The molecule has 0 unspecified atom stereocenters. The van der Waals surface area contributed by atoms with Crippen LogP contribution in [0.3, 0.4) is 0 Å². The number of benzene rings is 2. The maximum Gasteiger partial charge on any atom is 0.310 e. The summed E-state index contributed by atoms with van der Waals surface area (Å²) >= 11 is 0. The van der Waals surface area contributed by atoms with Crippen LogP contribution in [0.25, 0.3) is 16.9 Å². The Morgan fingerprint density at radius 2 is 1.80 bits per heavy atom. The zero-order valence-corrected chi connectivity index (χ0v) is 23.6. The summed E-state index contributed by atoms with van der Waals surface area (Å²) in [6.07, 6.45) is 3.88. The second-order valence-corrected chi connectivity index (χ2v) is 11.5. The molecule has 41 heavy (non-hydrogen) atoms. The lowest BCUT2D eigenvalue weighted by Crippen LogP contribution is -2.39. The molecule has 1 amide bonds. The van der Waals surface area contributed by atoms with Crippen LogP contribution in [-0.2, 0) is 16.0 Å². The van der Waals surface area contributed by atoms with Gasteiger partial charge in [0.1, 0.15) is 5.69 Å². The first-order valence-corrected chi connectivity index (χ1v) is 14.8. The molecule has 2 aliphatic heterocycles. The lowest BCUT2D eigenvalue weighted by molar-refractivity contribution is -0.147. The van der Waals surface area contributed by atoms with Crippen LogP contribution in [0.2, 0.25) is 0 Å². The van der Waals surface area contributed by atoms with Gasteiger partial charge in [-0.05, 0) is 68.9 Å². The van der Waals surface area contributed by atoms with E-state index in [4.69, 9.17) is 14.8 Å². The van der Waals surface area contributed by atoms with Crippen LogP contribution in [0, 0.1) is 5.92 Å². The van der Waals surface area contributed by atoms with E-state index < -0.39 is 0 Å². The van der Waals surface area contributed by atoms with Crippen molar-refractivity contribution in [3.05, 3.63) is 83.2 Å². The van der Waals surface area contributed by atoms with Crippen molar-refractivity contribution >= 4 is 23.2 Å². The minimum absolute atomic E-state index is 0.0111. The Morgan fingerprint density at radius 3 is 2.59 bits per heavy atom. The first-order chi connectivity index (χ1) is 20.0. The highest BCUT2D eigenvalue weighted by molar-refractivity contribution is 5.93. The Kier molecular flexibility index (Phi) is 6.48. The predicted molar refractivity (Wildman–Crippen MR) is 157 cm³/mol. The molecule has 0 radical (unpaired) electrons. The summed E-state index contributed by atoms with van der Waals surface area (Å²) in [6.45, 7) is 6.58. The number of carbonyl (C=O) groups excluding carboxylic acids is 2. The molecule has 2 aromatic heterocycles. The van der Waals surface area contributed by atoms with Crippen LogP contribution < -0.4 is 4.90 Å². The third-order valence-electron chi connectivity index (χ3n) is 8.86. The van der Waals surface area contributed by atoms with E-state index in [9.17, 15) is 9.59 Å². The highest BCUT2D eigenvalue weighted by Gasteiger charge is 2.33. The smallest absolute Gasteiger partial charge is 0.310 e. The van der Waals surface area contributed by atoms with Gasteiger partial charge < -0.3 is 14.5 Å². The van der Waals surface area contributed by atoms with Gasteiger partial charge in [0, 0.05) is 48.6 Å². The number of amides is 1. The second kappa shape index (κ2) is 10.3. The fourth-order valence-corrected chi connectivity index (χ4v) is 6.41. The van der Waals surface area contributed by atoms with Gasteiger partial charge >= 0.3 is 5.97 Å². The van der Waals surface area contributed by atoms with Gasteiger partial charge in [0.05, 0.1) is 24.3 Å². The Morgan fingerprint density at radius 1 is 1.00 bits per heavy atom. The number of nitrogens with zero attached hydrogens (tertiary/aromatic N) is 5. The molecular weight excluding hydrogens is 514 g/mol. The summed E-state index contributed by atoms with van der Waals surface area (Å²) in [5.41, 5.74) is 7.73. The van der Waals surface area contributed by atoms with Gasteiger partial charge in [-0.3, -0.25) is 9.59 Å². The van der Waals surface area contributed by atoms with Crippen LogP contribution in [0.4, 0.5) is 5.69 Å². The molecule has 2 aromatic carbocycles. The normalized spacial score (nSPS) is 20.3. The van der Waals surface area contributed by atoms with Crippen molar-refractivity contribution in [3.63, 3.8) is 0 Å². The number of esters is 1. The van der Waals surface area contributed by atoms with Crippen molar-refractivity contribution in [1.82, 2.24) is 19.5 Å². The monoisotopic (exact) mass is 549 g/mol. The highest BCUT2D eigenvalue weighted by Crippen LogP contribution is 2.41. The van der Waals surface area contributed by atoms with Gasteiger partial charge in [0.25, 0.3) is 5.91 Å². The van der Waals surface area contributed by atoms with Crippen molar-refractivity contribution in [2.45, 2.75) is 51.5 Å². The van der Waals surface area contributed by atoms with Gasteiger partial charge in [0.15, 0.2) is 5.65 Å². The van der Waals surface area contributed by atoms with Crippen molar-refractivity contribution in [3.8, 4) is 11.3 Å². The molecule has 7 rings (SSSR count). The Balaban J connectivity index is 1.15. The molecule has 1 saturated carbocycles. The zero-order valence-electron chi connectivity index (χ0n) is 23.6. The van der Waals surface area contributed by atoms with E-state index in [1.54, 1.807) is 0 Å². The number of ether oxygens (including phenoxy) is 1. The highest BCUT2D eigenvalue weighted by atomic mass is 16.5. The third-order valence-corrected chi connectivity index (χ3v) is 8.86. The fourth-order valence-electron chi connectivity index (χ4n) is 6.41. The van der Waals surface area contributed by atoms with Crippen LogP contribution >= 0.6 is 0 Å². The minimum atomic E-state index is -0.104. The summed E-state index contributed by atoms with van der Waals surface area (Å²) in [6, 6.07) is 20.7. The number of carbonyl (C=O) groups is 2. The third kappa shape index (κ3) is 4.75. The summed E-state index contributed by atoms with van der Waals surface area (Å²) < 4.78 is 7.15. The quantitative estimate of drug-likeness (QED) is 0.299. The second-order valence-electron chi connectivity index (χ2n) is 11.5. The molecule has 2 fully saturated rings. The van der Waals surface area contributed by atoms with Gasteiger partial charge in [-0.1, -0.05) is 36.4 Å². The van der Waals surface area contributed by atoms with E-state index in [0.717, 1.165) is 54.9 Å². The number of anilines is 1. The number of rotatable bonds is 6. The SMILES string of the molecule is CCOC(=O)[C@H]1CCN(c2ccc(-c3cc4nc(C(=O)N5CCc6ccccc6[C@H]5C)cc(C5CC5)n4n3)cc2)C1. The molecule has 4 heterocycles. The molecule has 3 aliphatic rings. The largest absolute Gasteiger partial charge is 0.466 e. The summed E-state index contributed by atoms with van der Waals surface area (Å²) in [7, 11) is 0. The van der Waals surface area contributed by atoms with Crippen molar-refractivity contribution < 1.29 is 14.3 Å². The molecule has 2 atom stereocenters. The Bertz CT molecular complexity index is 1620. The first kappa shape index (κ1) is 25.7. The molecule has 0 N–H and O–H groups in total. The predicted octanol–water partition coefficient (Wildman–Crippen LogP) is 5.42. The summed E-state index contributed by atoms with van der Waals surface area (Å²) in [5, 5.41) is 4.94. The fraction of sp³-hybridized carbons (Fsp3) is 0.394. The standard InChI is InChI=1S/C33H35N5O3/c1-3-41-33(40)25-14-16-36(20-25)26-12-10-23(11-13-26)28-19-31-34-29(18-30(24-8-9-24)38(31)35-28)32(39)37-17-15-22-6-4-5-7-27(22)21(37)2/h4-7,10-13,18-19,21,24-25H,3,8-9,14-17,20H2,1-2H3/t21-,25+/m1/s1. The number of aromatic nitrogens is 3. The van der Waals surface area contributed by atoms with Crippen molar-refractivity contribution in [2.75, 3.05) is 31.1 Å². The lowest BCUT2D eigenvalue weighted by atomic mass is 9.93. The van der Waals surface area contributed by atoms with E-state index >= 15 is 0 Å². The van der Waals surface area contributed by atoms with Crippen LogP contribution in [-0.4, -0.2) is 57.6 Å². The van der Waals surface area contributed by atoms with E-state index in [-0.39, 0.29) is 23.8 Å². The molecule has 8 nitrogen and oxygen atoms in total. The minimum Gasteiger partial charge on any atom is -0.466 e. The van der Waals surface area contributed by atoms with Crippen molar-refractivity contribution in [1.29, 1.82) is 0 Å². The molecule has 0 spiro atoms. The topological polar surface area (TPSA) is 80.0 Å². The lowest BCUT2D eigenvalue weighted by Gasteiger charge is -2.35. The molecule has 8 heteroatoms. The van der Waals surface area contributed by atoms with Crippen LogP contribution in [0.15, 0.2) is 60.7 Å². The van der Waals surface area contributed by atoms with Crippen LogP contribution in [0.1, 0.15) is 72.4 Å². The van der Waals surface area contributed by atoms with E-state index in [1.807, 2.05) is 34.5 Å². The number of hydrogen-bond acceptors (Lipinski definition) is 6. The molecule has 210 valence electrons. The van der Waals surface area contributed by atoms with Gasteiger partial charge in [0.2, 0.25) is 0 Å². The summed E-state index contributed by atoms with van der Waals surface area (Å²) in [4.78, 5) is 35.0. The van der Waals surface area contributed by atoms with Gasteiger partial charge in [-0.2, -0.15) is 5.10 Å². The maximum absolute atomic E-state index is 13.8. The number of hydrogen-bond donors (Lipinski definition) is 0. The zero-order chi connectivity index (χ0) is 28.1. The average molecular weight is 550 g/mol. The first-order valence-electron chi connectivity index (χ1n) is 14.8. The molecule has 1 saturated heterocycles. The Hall–Kier alpha value is -4.20. The average Bonchev–Trinajstić information content (AvgIpc) is 3.55. The van der Waals surface area contributed by atoms with Gasteiger partial charge in [-0.15, -0.1) is 0 Å². The van der Waals surface area contributed by atoms with E-state index in [2.05, 4.69) is 54.3 Å². The summed E-state index contributed by atoms with van der Waals surface area (Å²) in [5.74, 6) is 0.215. The molecule has 1 aliphatic carbocycles. The van der Waals surface area contributed by atoms with E-state index in [1.165, 1.54) is 11.1 Å². The number of fused-ring (bicyclic) bond motifs is 2.